The van der Waals surface area contributed by atoms with Crippen LogP contribution in [0.15, 0.2) is 0 Å². The van der Waals surface area contributed by atoms with Gasteiger partial charge in [-0.3, -0.25) is 14.5 Å². The van der Waals surface area contributed by atoms with Gasteiger partial charge in [-0.15, -0.1) is 0 Å². The number of rotatable bonds is 4. The lowest BCUT2D eigenvalue weighted by Crippen LogP contribution is -2.43. The molecule has 0 saturated carbocycles. The van der Waals surface area contributed by atoms with E-state index in [-0.39, 0.29) is 24.0 Å². The van der Waals surface area contributed by atoms with Gasteiger partial charge in [0, 0.05) is 45.8 Å². The summed E-state index contributed by atoms with van der Waals surface area (Å²) in [5, 5.41) is 0. The molecule has 136 valence electrons. The molecule has 0 spiro atoms. The highest BCUT2D eigenvalue weighted by Gasteiger charge is 2.33. The van der Waals surface area contributed by atoms with Crippen molar-refractivity contribution in [1.82, 2.24) is 14.7 Å². The van der Waals surface area contributed by atoms with Crippen molar-refractivity contribution in [2.45, 2.75) is 44.3 Å². The van der Waals surface area contributed by atoms with Crippen LogP contribution in [-0.2, 0) is 14.3 Å². The van der Waals surface area contributed by atoms with Gasteiger partial charge in [-0.25, -0.2) is 0 Å². The van der Waals surface area contributed by atoms with Crippen molar-refractivity contribution in [2.75, 3.05) is 52.4 Å². The summed E-state index contributed by atoms with van der Waals surface area (Å²) in [4.78, 5) is 31.0. The third-order valence-electron chi connectivity index (χ3n) is 5.36. The van der Waals surface area contributed by atoms with Crippen LogP contribution in [0.3, 0.4) is 0 Å². The third-order valence-corrected chi connectivity index (χ3v) is 5.36. The van der Waals surface area contributed by atoms with E-state index < -0.39 is 0 Å². The van der Waals surface area contributed by atoms with E-state index in [1.807, 2.05) is 9.80 Å². The topological polar surface area (TPSA) is 79.1 Å². The number of hydrogen-bond acceptors (Lipinski definition) is 5. The van der Waals surface area contributed by atoms with Crippen molar-refractivity contribution in [1.29, 1.82) is 0 Å². The Labute approximate surface area is 144 Å². The maximum atomic E-state index is 12.6. The molecule has 3 saturated heterocycles. The van der Waals surface area contributed by atoms with Crippen LogP contribution < -0.4 is 5.73 Å². The molecule has 3 heterocycles. The summed E-state index contributed by atoms with van der Waals surface area (Å²) in [6, 6.07) is 0. The monoisotopic (exact) mass is 338 g/mol. The quantitative estimate of drug-likeness (QED) is 0.758. The van der Waals surface area contributed by atoms with E-state index in [9.17, 15) is 9.59 Å². The molecule has 2 N–H and O–H groups in total. The van der Waals surface area contributed by atoms with E-state index in [0.717, 1.165) is 64.8 Å². The second kappa shape index (κ2) is 8.27. The minimum Gasteiger partial charge on any atom is -0.364 e. The number of carbonyl (C=O) groups is 2. The molecule has 3 rings (SSSR count). The molecule has 7 heteroatoms. The number of likely N-dealkylation sites (tertiary alicyclic amines) is 1. The fourth-order valence-corrected chi connectivity index (χ4v) is 3.87. The van der Waals surface area contributed by atoms with E-state index in [4.69, 9.17) is 10.5 Å². The second-order valence-corrected chi connectivity index (χ2v) is 7.10. The zero-order chi connectivity index (χ0) is 16.9. The molecular weight excluding hydrogens is 308 g/mol. The lowest BCUT2D eigenvalue weighted by Gasteiger charge is -2.25. The molecule has 0 bridgehead atoms. The maximum absolute atomic E-state index is 12.6. The first kappa shape index (κ1) is 17.6. The molecule has 0 aromatic rings. The summed E-state index contributed by atoms with van der Waals surface area (Å²) in [6.45, 7) is 5.84. The van der Waals surface area contributed by atoms with Crippen LogP contribution in [-0.4, -0.2) is 91.1 Å². The zero-order valence-electron chi connectivity index (χ0n) is 14.5. The Morgan fingerprint density at radius 2 is 1.67 bits per heavy atom. The fourth-order valence-electron chi connectivity index (χ4n) is 3.87. The summed E-state index contributed by atoms with van der Waals surface area (Å²) in [5.74, 6) is 0.329. The van der Waals surface area contributed by atoms with Gasteiger partial charge >= 0.3 is 0 Å². The predicted octanol–water partition coefficient (Wildman–Crippen LogP) is -0.351. The van der Waals surface area contributed by atoms with E-state index in [1.54, 1.807) is 0 Å². The van der Waals surface area contributed by atoms with Crippen LogP contribution in [0.4, 0.5) is 0 Å². The Kier molecular flexibility index (Phi) is 6.08. The second-order valence-electron chi connectivity index (χ2n) is 7.10. The van der Waals surface area contributed by atoms with Crippen molar-refractivity contribution in [3.63, 3.8) is 0 Å². The van der Waals surface area contributed by atoms with Crippen molar-refractivity contribution in [3.05, 3.63) is 0 Å². The van der Waals surface area contributed by atoms with Crippen LogP contribution in [0.2, 0.25) is 0 Å². The van der Waals surface area contributed by atoms with Gasteiger partial charge in [0.25, 0.3) is 5.91 Å². The van der Waals surface area contributed by atoms with E-state index >= 15 is 0 Å². The largest absolute Gasteiger partial charge is 0.364 e. The molecule has 3 fully saturated rings. The predicted molar refractivity (Wildman–Crippen MR) is 90.4 cm³/mol. The number of hydrogen-bond donors (Lipinski definition) is 1. The van der Waals surface area contributed by atoms with Gasteiger partial charge in [0.05, 0.1) is 12.6 Å². The van der Waals surface area contributed by atoms with Crippen LogP contribution >= 0.6 is 0 Å². The van der Waals surface area contributed by atoms with Crippen LogP contribution in [0.25, 0.3) is 0 Å². The fraction of sp³-hybridized carbons (Fsp3) is 0.882. The lowest BCUT2D eigenvalue weighted by atomic mass is 10.2. The summed E-state index contributed by atoms with van der Waals surface area (Å²) < 4.78 is 5.73. The van der Waals surface area contributed by atoms with Crippen LogP contribution in [0.1, 0.15) is 32.1 Å². The molecule has 3 aliphatic rings. The van der Waals surface area contributed by atoms with Crippen molar-refractivity contribution >= 4 is 11.8 Å². The molecule has 3 aliphatic heterocycles. The SMILES string of the molecule is NC[C@H]1CC[C@@H](C(=O)N2CCCN(CC(=O)N3CCCC3)CC2)O1. The average molecular weight is 338 g/mol. The Bertz CT molecular complexity index is 453. The molecule has 2 atom stereocenters. The molecule has 7 nitrogen and oxygen atoms in total. The van der Waals surface area contributed by atoms with Crippen molar-refractivity contribution < 1.29 is 14.3 Å². The Morgan fingerprint density at radius 1 is 0.917 bits per heavy atom. The van der Waals surface area contributed by atoms with Gasteiger partial charge in [0.15, 0.2) is 0 Å². The van der Waals surface area contributed by atoms with Gasteiger partial charge < -0.3 is 20.3 Å². The molecule has 0 unspecified atom stereocenters. The first-order valence-electron chi connectivity index (χ1n) is 9.32. The summed E-state index contributed by atoms with van der Waals surface area (Å²) in [7, 11) is 0. The minimum absolute atomic E-state index is 0.0282. The molecule has 2 amide bonds. The molecule has 0 aromatic heterocycles. The average Bonchev–Trinajstić information content (AvgIpc) is 3.23. The van der Waals surface area contributed by atoms with Crippen LogP contribution in [0, 0.1) is 0 Å². The molecule has 0 aliphatic carbocycles. The van der Waals surface area contributed by atoms with Gasteiger partial charge in [-0.2, -0.15) is 0 Å². The molecule has 24 heavy (non-hydrogen) atoms. The lowest BCUT2D eigenvalue weighted by molar-refractivity contribution is -0.142. The molecule has 0 radical (unpaired) electrons. The normalized spacial score (nSPS) is 29.0. The number of carbonyl (C=O) groups excluding carboxylic acids is 2. The summed E-state index contributed by atoms with van der Waals surface area (Å²) in [6.07, 6.45) is 4.51. The zero-order valence-corrected chi connectivity index (χ0v) is 14.5. The Balaban J connectivity index is 1.46. The van der Waals surface area contributed by atoms with E-state index in [2.05, 4.69) is 4.90 Å². The first-order chi connectivity index (χ1) is 11.7. The summed E-state index contributed by atoms with van der Waals surface area (Å²) >= 11 is 0. The van der Waals surface area contributed by atoms with Gasteiger partial charge in [-0.1, -0.05) is 0 Å². The van der Waals surface area contributed by atoms with Crippen molar-refractivity contribution in [2.24, 2.45) is 5.73 Å². The Morgan fingerprint density at radius 3 is 2.38 bits per heavy atom. The van der Waals surface area contributed by atoms with Gasteiger partial charge in [0.1, 0.15) is 6.10 Å². The number of amides is 2. The van der Waals surface area contributed by atoms with Crippen LogP contribution in [0.5, 0.6) is 0 Å². The van der Waals surface area contributed by atoms with E-state index in [1.165, 1.54) is 0 Å². The molecule has 0 aromatic carbocycles. The highest BCUT2D eigenvalue weighted by Crippen LogP contribution is 2.21. The number of nitrogens with two attached hydrogens (primary N) is 1. The highest BCUT2D eigenvalue weighted by molar-refractivity contribution is 5.81. The third kappa shape index (κ3) is 4.26. The maximum Gasteiger partial charge on any atom is 0.251 e. The highest BCUT2D eigenvalue weighted by atomic mass is 16.5. The number of ether oxygens (including phenoxy) is 1. The smallest absolute Gasteiger partial charge is 0.251 e. The molecular formula is C17H30N4O3. The van der Waals surface area contributed by atoms with Gasteiger partial charge in [0.2, 0.25) is 5.91 Å². The Hall–Kier alpha value is -1.18. The van der Waals surface area contributed by atoms with Gasteiger partial charge in [-0.05, 0) is 32.1 Å². The standard InChI is InChI=1S/C17H30N4O3/c18-12-14-4-5-15(24-14)17(23)21-9-3-6-19(10-11-21)13-16(22)20-7-1-2-8-20/h14-15H,1-13,18H2/t14-,15+/m1/s1. The van der Waals surface area contributed by atoms with Crippen molar-refractivity contribution in [3.8, 4) is 0 Å². The van der Waals surface area contributed by atoms with E-state index in [0.29, 0.717) is 19.6 Å². The summed E-state index contributed by atoms with van der Waals surface area (Å²) in [5.41, 5.74) is 5.62. The number of nitrogens with zero attached hydrogens (tertiary/aromatic N) is 3. The first-order valence-corrected chi connectivity index (χ1v) is 9.32. The minimum atomic E-state index is -0.323.